The van der Waals surface area contributed by atoms with Gasteiger partial charge >= 0.3 is 5.97 Å². The fourth-order valence-electron chi connectivity index (χ4n) is 5.15. The van der Waals surface area contributed by atoms with Gasteiger partial charge in [-0.1, -0.05) is 48.5 Å². The molecule has 6 heteroatoms. The van der Waals surface area contributed by atoms with Crippen molar-refractivity contribution in [3.05, 3.63) is 101 Å². The largest absolute Gasteiger partial charge is 0.478 e. The third-order valence-electron chi connectivity index (χ3n) is 7.64. The van der Waals surface area contributed by atoms with Crippen LogP contribution in [0.15, 0.2) is 72.8 Å². The number of nitrogens with one attached hydrogen (secondary N) is 1. The molecule has 2 atom stereocenters. The summed E-state index contributed by atoms with van der Waals surface area (Å²) in [6.07, 6.45) is 2.14. The third kappa shape index (κ3) is 5.85. The van der Waals surface area contributed by atoms with Crippen LogP contribution < -0.4 is 10.1 Å². The van der Waals surface area contributed by atoms with Gasteiger partial charge in [0, 0.05) is 35.1 Å². The second kappa shape index (κ2) is 11.4. The standard InChI is InChI=1S/C33H36N2O4/c1-5-38-33(37)31(25-14-15-25)39-27-13-9-10-23(18-27)19-29-22(3)35(4)30-20-26(16-17-28(29)30)32(36)34-21(2)24-11-7-6-8-12-24/h6-13,16-18,20-21,25,31H,5,14-15,19H2,1-4H3,(H,34,36)/t21-,31?/m0/s1. The van der Waals surface area contributed by atoms with Gasteiger partial charge in [0.15, 0.2) is 6.10 Å². The zero-order chi connectivity index (χ0) is 27.5. The first-order valence-electron chi connectivity index (χ1n) is 13.7. The van der Waals surface area contributed by atoms with Crippen LogP contribution in [0, 0.1) is 12.8 Å². The highest BCUT2D eigenvalue weighted by Gasteiger charge is 2.39. The molecule has 1 fully saturated rings. The fourth-order valence-corrected chi connectivity index (χ4v) is 5.15. The van der Waals surface area contributed by atoms with E-state index >= 15 is 0 Å². The zero-order valence-electron chi connectivity index (χ0n) is 23.1. The summed E-state index contributed by atoms with van der Waals surface area (Å²) < 4.78 is 13.5. The lowest BCUT2D eigenvalue weighted by molar-refractivity contribution is -0.152. The molecular formula is C33H36N2O4. The maximum absolute atomic E-state index is 13.1. The molecule has 1 heterocycles. The van der Waals surface area contributed by atoms with Crippen molar-refractivity contribution < 1.29 is 19.1 Å². The van der Waals surface area contributed by atoms with Gasteiger partial charge in [0.05, 0.1) is 12.6 Å². The first-order valence-corrected chi connectivity index (χ1v) is 13.7. The average molecular weight is 525 g/mol. The number of carbonyl (C=O) groups excluding carboxylic acids is 2. The highest BCUT2D eigenvalue weighted by molar-refractivity contribution is 5.99. The topological polar surface area (TPSA) is 69.6 Å². The van der Waals surface area contributed by atoms with Crippen molar-refractivity contribution in [2.24, 2.45) is 13.0 Å². The van der Waals surface area contributed by atoms with Crippen LogP contribution >= 0.6 is 0 Å². The summed E-state index contributed by atoms with van der Waals surface area (Å²) >= 11 is 0. The molecule has 4 aromatic rings. The lowest BCUT2D eigenvalue weighted by atomic mass is 10.0. The van der Waals surface area contributed by atoms with Gasteiger partial charge in [-0.3, -0.25) is 4.79 Å². The molecule has 0 saturated heterocycles. The Morgan fingerprint density at radius 2 is 1.79 bits per heavy atom. The van der Waals surface area contributed by atoms with Gasteiger partial charge < -0.3 is 19.4 Å². The summed E-state index contributed by atoms with van der Waals surface area (Å²) in [5.74, 6) is 0.538. The lowest BCUT2D eigenvalue weighted by Gasteiger charge is -2.17. The second-order valence-electron chi connectivity index (χ2n) is 10.4. The van der Waals surface area contributed by atoms with Crippen LogP contribution in [0.2, 0.25) is 0 Å². The van der Waals surface area contributed by atoms with Crippen molar-refractivity contribution in [1.29, 1.82) is 0 Å². The minimum Gasteiger partial charge on any atom is -0.478 e. The molecule has 0 bridgehead atoms. The molecule has 1 aliphatic carbocycles. The summed E-state index contributed by atoms with van der Waals surface area (Å²) in [5, 5.41) is 4.23. The highest BCUT2D eigenvalue weighted by Crippen LogP contribution is 2.36. The Balaban J connectivity index is 1.35. The van der Waals surface area contributed by atoms with Gasteiger partial charge in [0.2, 0.25) is 0 Å². The van der Waals surface area contributed by atoms with Gasteiger partial charge in [0.1, 0.15) is 5.75 Å². The number of nitrogens with zero attached hydrogens (tertiary/aromatic N) is 1. The zero-order valence-corrected chi connectivity index (χ0v) is 23.1. The van der Waals surface area contributed by atoms with Crippen LogP contribution in [0.25, 0.3) is 10.9 Å². The molecule has 5 rings (SSSR count). The SMILES string of the molecule is CCOC(=O)C(Oc1cccc(Cc2c(C)n(C)c3cc(C(=O)N[C@@H](C)c4ccccc4)ccc23)c1)C1CC1. The smallest absolute Gasteiger partial charge is 0.347 e. The van der Waals surface area contributed by atoms with E-state index in [0.29, 0.717) is 24.3 Å². The summed E-state index contributed by atoms with van der Waals surface area (Å²) in [4.78, 5) is 25.5. The molecule has 39 heavy (non-hydrogen) atoms. The van der Waals surface area contributed by atoms with Crippen LogP contribution in [0.1, 0.15) is 65.5 Å². The number of hydrogen-bond acceptors (Lipinski definition) is 4. The van der Waals surface area contributed by atoms with Crippen molar-refractivity contribution in [2.45, 2.75) is 52.2 Å². The van der Waals surface area contributed by atoms with Crippen LogP contribution in [-0.2, 0) is 23.0 Å². The number of rotatable bonds is 10. The number of carbonyl (C=O) groups is 2. The molecule has 0 radical (unpaired) electrons. The highest BCUT2D eigenvalue weighted by atomic mass is 16.6. The Kier molecular flexibility index (Phi) is 7.73. The first-order chi connectivity index (χ1) is 18.9. The number of fused-ring (bicyclic) bond motifs is 1. The first kappa shape index (κ1) is 26.5. The van der Waals surface area contributed by atoms with E-state index < -0.39 is 6.10 Å². The Morgan fingerprint density at radius 3 is 2.51 bits per heavy atom. The number of ether oxygens (including phenoxy) is 2. The van der Waals surface area contributed by atoms with E-state index in [1.165, 1.54) is 5.56 Å². The predicted molar refractivity (Wildman–Crippen MR) is 153 cm³/mol. The molecule has 1 aliphatic rings. The van der Waals surface area contributed by atoms with Crippen LogP contribution in [0.4, 0.5) is 0 Å². The minimum atomic E-state index is -0.548. The van der Waals surface area contributed by atoms with Crippen LogP contribution in [-0.4, -0.2) is 29.2 Å². The van der Waals surface area contributed by atoms with Gasteiger partial charge in [-0.05, 0) is 81.0 Å². The molecule has 0 aliphatic heterocycles. The number of aryl methyl sites for hydroxylation is 1. The van der Waals surface area contributed by atoms with Crippen molar-refractivity contribution in [3.63, 3.8) is 0 Å². The van der Waals surface area contributed by atoms with E-state index in [9.17, 15) is 9.59 Å². The van der Waals surface area contributed by atoms with Crippen LogP contribution in [0.3, 0.4) is 0 Å². The quantitative estimate of drug-likeness (QED) is 0.248. The van der Waals surface area contributed by atoms with Gasteiger partial charge in [0.25, 0.3) is 5.91 Å². The summed E-state index contributed by atoms with van der Waals surface area (Å²) in [6.45, 7) is 6.27. The molecule has 6 nitrogen and oxygen atoms in total. The lowest BCUT2D eigenvalue weighted by Crippen LogP contribution is -2.31. The molecule has 202 valence electrons. The summed E-state index contributed by atoms with van der Waals surface area (Å²) in [7, 11) is 2.04. The average Bonchev–Trinajstić information content (AvgIpc) is 3.76. The molecule has 0 spiro atoms. The maximum Gasteiger partial charge on any atom is 0.347 e. The molecule has 3 aromatic carbocycles. The third-order valence-corrected chi connectivity index (χ3v) is 7.64. The van der Waals surface area contributed by atoms with Crippen molar-refractivity contribution in [1.82, 2.24) is 9.88 Å². The van der Waals surface area contributed by atoms with E-state index in [4.69, 9.17) is 9.47 Å². The number of benzene rings is 3. The monoisotopic (exact) mass is 524 g/mol. The second-order valence-corrected chi connectivity index (χ2v) is 10.4. The van der Waals surface area contributed by atoms with Crippen molar-refractivity contribution >= 4 is 22.8 Å². The number of esters is 1. The van der Waals surface area contributed by atoms with Crippen LogP contribution in [0.5, 0.6) is 5.75 Å². The Bertz CT molecular complexity index is 1490. The molecule has 1 N–H and O–H groups in total. The number of hydrogen-bond donors (Lipinski definition) is 1. The summed E-state index contributed by atoms with van der Waals surface area (Å²) in [5.41, 5.74) is 6.18. The van der Waals surface area contributed by atoms with Crippen molar-refractivity contribution in [2.75, 3.05) is 6.61 Å². The Morgan fingerprint density at radius 1 is 1.03 bits per heavy atom. The van der Waals surface area contributed by atoms with E-state index in [-0.39, 0.29) is 23.8 Å². The van der Waals surface area contributed by atoms with E-state index in [1.54, 1.807) is 0 Å². The fraction of sp³-hybridized carbons (Fsp3) is 0.333. The number of amides is 1. The van der Waals surface area contributed by atoms with E-state index in [2.05, 4.69) is 22.9 Å². The van der Waals surface area contributed by atoms with Gasteiger partial charge in [-0.25, -0.2) is 4.79 Å². The Labute approximate surface area is 229 Å². The van der Waals surface area contributed by atoms with Gasteiger partial charge in [-0.2, -0.15) is 0 Å². The molecule has 1 unspecified atom stereocenters. The van der Waals surface area contributed by atoms with E-state index in [1.807, 2.05) is 87.6 Å². The normalized spacial score (nSPS) is 14.6. The van der Waals surface area contributed by atoms with E-state index in [0.717, 1.165) is 40.6 Å². The molecule has 1 aromatic heterocycles. The molecule has 1 saturated carbocycles. The van der Waals surface area contributed by atoms with Gasteiger partial charge in [-0.15, -0.1) is 0 Å². The number of aromatic nitrogens is 1. The maximum atomic E-state index is 13.1. The van der Waals surface area contributed by atoms with Crippen molar-refractivity contribution in [3.8, 4) is 5.75 Å². The predicted octanol–water partition coefficient (Wildman–Crippen LogP) is 6.29. The summed E-state index contributed by atoms with van der Waals surface area (Å²) in [6, 6.07) is 23.8. The Hall–Kier alpha value is -4.06. The molecule has 1 amide bonds. The molecular weight excluding hydrogens is 488 g/mol. The minimum absolute atomic E-state index is 0.0852.